The molecule has 31 heavy (non-hydrogen) atoms. The van der Waals surface area contributed by atoms with Gasteiger partial charge < -0.3 is 15.0 Å². The SMILES string of the molecule is CC(C)(C)OC(=O)N1CCC[C@@H](c2ccc(Nc3cccc(C#N)c3[N+](=O)[O-])cc2)C1. The van der Waals surface area contributed by atoms with Gasteiger partial charge in [-0.1, -0.05) is 18.2 Å². The Kier molecular flexibility index (Phi) is 6.44. The van der Waals surface area contributed by atoms with Crippen molar-refractivity contribution < 1.29 is 14.5 Å². The lowest BCUT2D eigenvalue weighted by molar-refractivity contribution is -0.384. The number of nitrogens with zero attached hydrogens (tertiary/aromatic N) is 3. The van der Waals surface area contributed by atoms with Gasteiger partial charge in [0.05, 0.1) is 4.92 Å². The Balaban J connectivity index is 1.72. The molecule has 0 unspecified atom stereocenters. The van der Waals surface area contributed by atoms with Crippen LogP contribution in [0.5, 0.6) is 0 Å². The molecule has 1 amide bonds. The number of para-hydroxylation sites is 1. The maximum Gasteiger partial charge on any atom is 0.410 e. The normalized spacial score (nSPS) is 16.3. The highest BCUT2D eigenvalue weighted by atomic mass is 16.6. The van der Waals surface area contributed by atoms with E-state index in [9.17, 15) is 14.9 Å². The van der Waals surface area contributed by atoms with Crippen molar-refractivity contribution in [3.05, 3.63) is 63.7 Å². The largest absolute Gasteiger partial charge is 0.444 e. The van der Waals surface area contributed by atoms with Gasteiger partial charge in [-0.3, -0.25) is 10.1 Å². The second kappa shape index (κ2) is 9.04. The van der Waals surface area contributed by atoms with Crippen LogP contribution in [0.25, 0.3) is 0 Å². The van der Waals surface area contributed by atoms with Gasteiger partial charge in [-0.05, 0) is 63.4 Å². The van der Waals surface area contributed by atoms with Gasteiger partial charge >= 0.3 is 11.8 Å². The first-order chi connectivity index (χ1) is 14.7. The van der Waals surface area contributed by atoms with Crippen LogP contribution in [0.1, 0.15) is 50.7 Å². The summed E-state index contributed by atoms with van der Waals surface area (Å²) < 4.78 is 5.50. The van der Waals surface area contributed by atoms with Crippen LogP contribution in [0.4, 0.5) is 21.9 Å². The smallest absolute Gasteiger partial charge is 0.410 e. The summed E-state index contributed by atoms with van der Waals surface area (Å²) in [5, 5.41) is 23.6. The minimum absolute atomic E-state index is 0.0102. The van der Waals surface area contributed by atoms with E-state index in [0.717, 1.165) is 18.4 Å². The van der Waals surface area contributed by atoms with Crippen LogP contribution >= 0.6 is 0 Å². The van der Waals surface area contributed by atoms with E-state index in [4.69, 9.17) is 10.00 Å². The summed E-state index contributed by atoms with van der Waals surface area (Å²) in [5.41, 5.74) is 1.29. The molecule has 8 nitrogen and oxygen atoms in total. The van der Waals surface area contributed by atoms with Crippen molar-refractivity contribution in [3.8, 4) is 6.07 Å². The summed E-state index contributed by atoms with van der Waals surface area (Å²) in [6.07, 6.45) is 1.58. The molecule has 8 heteroatoms. The number of hydrogen-bond donors (Lipinski definition) is 1. The van der Waals surface area contributed by atoms with E-state index >= 15 is 0 Å². The Hall–Kier alpha value is -3.60. The van der Waals surface area contributed by atoms with Crippen LogP contribution in [-0.4, -0.2) is 34.6 Å². The molecule has 1 saturated heterocycles. The van der Waals surface area contributed by atoms with Crippen molar-refractivity contribution in [3.63, 3.8) is 0 Å². The zero-order valence-corrected chi connectivity index (χ0v) is 17.9. The number of nitriles is 1. The minimum atomic E-state index is -0.553. The number of rotatable bonds is 4. The predicted octanol–water partition coefficient (Wildman–Crippen LogP) is 5.32. The summed E-state index contributed by atoms with van der Waals surface area (Å²) in [5.74, 6) is 0.201. The van der Waals surface area contributed by atoms with Crippen molar-refractivity contribution in [2.75, 3.05) is 18.4 Å². The number of ether oxygens (including phenoxy) is 1. The van der Waals surface area contributed by atoms with E-state index in [1.54, 1.807) is 17.0 Å². The first-order valence-electron chi connectivity index (χ1n) is 10.2. The fourth-order valence-corrected chi connectivity index (χ4v) is 3.67. The molecule has 1 fully saturated rings. The molecule has 3 rings (SSSR count). The van der Waals surface area contributed by atoms with E-state index in [0.29, 0.717) is 18.8 Å². The highest BCUT2D eigenvalue weighted by Gasteiger charge is 2.28. The maximum atomic E-state index is 12.4. The number of anilines is 2. The topological polar surface area (TPSA) is 108 Å². The van der Waals surface area contributed by atoms with Gasteiger partial charge in [0.1, 0.15) is 22.9 Å². The van der Waals surface area contributed by atoms with E-state index < -0.39 is 10.5 Å². The zero-order valence-electron chi connectivity index (χ0n) is 17.9. The van der Waals surface area contributed by atoms with Gasteiger partial charge in [-0.15, -0.1) is 0 Å². The molecule has 1 aliphatic rings. The lowest BCUT2D eigenvalue weighted by Crippen LogP contribution is -2.42. The fourth-order valence-electron chi connectivity index (χ4n) is 3.67. The number of nitro benzene ring substituents is 1. The Morgan fingerprint density at radius 3 is 2.58 bits per heavy atom. The number of likely N-dealkylation sites (tertiary alicyclic amines) is 1. The quantitative estimate of drug-likeness (QED) is 0.527. The van der Waals surface area contributed by atoms with Gasteiger partial charge in [0.2, 0.25) is 0 Å². The average Bonchev–Trinajstić information content (AvgIpc) is 2.72. The highest BCUT2D eigenvalue weighted by Crippen LogP contribution is 2.32. The Labute approximate surface area is 181 Å². The molecule has 0 aromatic heterocycles. The molecule has 0 radical (unpaired) electrons. The van der Waals surface area contributed by atoms with Crippen LogP contribution in [-0.2, 0) is 4.74 Å². The van der Waals surface area contributed by atoms with Crippen LogP contribution in [0.3, 0.4) is 0 Å². The molecule has 1 atom stereocenters. The third kappa shape index (κ3) is 5.51. The molecule has 1 N–H and O–H groups in total. The summed E-state index contributed by atoms with van der Waals surface area (Å²) in [4.78, 5) is 25.0. The molecule has 0 aliphatic carbocycles. The lowest BCUT2D eigenvalue weighted by Gasteiger charge is -2.34. The van der Waals surface area contributed by atoms with Crippen LogP contribution in [0, 0.1) is 21.4 Å². The summed E-state index contributed by atoms with van der Waals surface area (Å²) in [7, 11) is 0. The molecule has 0 spiro atoms. The van der Waals surface area contributed by atoms with Crippen molar-refractivity contribution in [2.45, 2.75) is 45.1 Å². The summed E-state index contributed by atoms with van der Waals surface area (Å²) in [6, 6.07) is 14.1. The maximum absolute atomic E-state index is 12.4. The van der Waals surface area contributed by atoms with Gasteiger partial charge in [0.25, 0.3) is 0 Å². The highest BCUT2D eigenvalue weighted by molar-refractivity contribution is 5.74. The molecule has 0 saturated carbocycles. The average molecular weight is 422 g/mol. The van der Waals surface area contributed by atoms with Gasteiger partial charge in [0.15, 0.2) is 0 Å². The second-order valence-electron chi connectivity index (χ2n) is 8.58. The Bertz CT molecular complexity index is 1010. The Morgan fingerprint density at radius 2 is 1.97 bits per heavy atom. The van der Waals surface area contributed by atoms with Gasteiger partial charge in [-0.25, -0.2) is 4.79 Å². The number of benzene rings is 2. The molecule has 0 bridgehead atoms. The van der Waals surface area contributed by atoms with Crippen LogP contribution in [0.15, 0.2) is 42.5 Å². The molecule has 1 heterocycles. The number of carbonyl (C=O) groups is 1. The lowest BCUT2D eigenvalue weighted by atomic mass is 9.90. The molecule has 1 aliphatic heterocycles. The predicted molar refractivity (Wildman–Crippen MR) is 117 cm³/mol. The van der Waals surface area contributed by atoms with Crippen LogP contribution in [0.2, 0.25) is 0 Å². The van der Waals surface area contributed by atoms with Gasteiger partial charge in [-0.2, -0.15) is 5.26 Å². The Morgan fingerprint density at radius 1 is 1.26 bits per heavy atom. The number of nitro groups is 1. The van der Waals surface area contributed by atoms with Crippen molar-refractivity contribution >= 4 is 23.2 Å². The van der Waals surface area contributed by atoms with E-state index in [1.165, 1.54) is 6.07 Å². The fraction of sp³-hybridized carbons (Fsp3) is 0.391. The monoisotopic (exact) mass is 422 g/mol. The number of carbonyl (C=O) groups excluding carboxylic acids is 1. The third-order valence-corrected chi connectivity index (χ3v) is 5.07. The standard InChI is InChI=1S/C23H26N4O4/c1-23(2,3)31-22(28)26-13-5-7-18(15-26)16-9-11-19(12-10-16)25-20-8-4-6-17(14-24)21(20)27(29)30/h4,6,8-12,18,25H,5,7,13,15H2,1-3H3/t18-/m1/s1. The van der Waals surface area contributed by atoms with E-state index in [-0.39, 0.29) is 28.9 Å². The van der Waals surface area contributed by atoms with Gasteiger partial charge in [0, 0.05) is 24.7 Å². The number of piperidine rings is 1. The molecule has 2 aromatic rings. The van der Waals surface area contributed by atoms with Crippen molar-refractivity contribution in [1.29, 1.82) is 5.26 Å². The van der Waals surface area contributed by atoms with Crippen molar-refractivity contribution in [2.24, 2.45) is 0 Å². The number of hydrogen-bond acceptors (Lipinski definition) is 6. The third-order valence-electron chi connectivity index (χ3n) is 5.07. The first-order valence-corrected chi connectivity index (χ1v) is 10.2. The summed E-state index contributed by atoms with van der Waals surface area (Å²) >= 11 is 0. The molecule has 2 aromatic carbocycles. The molecular formula is C23H26N4O4. The second-order valence-corrected chi connectivity index (χ2v) is 8.58. The summed E-state index contributed by atoms with van der Waals surface area (Å²) in [6.45, 7) is 6.85. The van der Waals surface area contributed by atoms with Crippen molar-refractivity contribution in [1.82, 2.24) is 4.90 Å². The first kappa shape index (κ1) is 22.1. The number of nitrogens with one attached hydrogen (secondary N) is 1. The molecule has 162 valence electrons. The minimum Gasteiger partial charge on any atom is -0.444 e. The number of amides is 1. The van der Waals surface area contributed by atoms with Crippen LogP contribution < -0.4 is 5.32 Å². The zero-order chi connectivity index (χ0) is 22.6. The van der Waals surface area contributed by atoms with E-state index in [2.05, 4.69) is 5.32 Å². The molecular weight excluding hydrogens is 396 g/mol. The van der Waals surface area contributed by atoms with E-state index in [1.807, 2.05) is 51.1 Å².